The molecule has 0 radical (unpaired) electrons. The van der Waals surface area contributed by atoms with E-state index in [1.807, 2.05) is 0 Å². The number of hydrogen-bond acceptors (Lipinski definition) is 2. The molecule has 2 fully saturated rings. The van der Waals surface area contributed by atoms with Gasteiger partial charge in [-0.2, -0.15) is 0 Å². The fourth-order valence-electron chi connectivity index (χ4n) is 4.57. The molecule has 0 saturated heterocycles. The largest absolute Gasteiger partial charge is 0.389 e. The van der Waals surface area contributed by atoms with E-state index in [9.17, 15) is 5.11 Å². The van der Waals surface area contributed by atoms with Crippen LogP contribution < -0.4 is 5.73 Å². The Morgan fingerprint density at radius 3 is 2.28 bits per heavy atom. The van der Waals surface area contributed by atoms with Gasteiger partial charge in [-0.3, -0.25) is 0 Å². The molecule has 2 nitrogen and oxygen atoms in total. The van der Waals surface area contributed by atoms with Crippen molar-refractivity contribution >= 4 is 0 Å². The summed E-state index contributed by atoms with van der Waals surface area (Å²) in [5.74, 6) is 1.59. The summed E-state index contributed by atoms with van der Waals surface area (Å²) in [6, 6.07) is 0. The van der Waals surface area contributed by atoms with Gasteiger partial charge in [-0.25, -0.2) is 0 Å². The molecule has 2 aliphatic rings. The zero-order chi connectivity index (χ0) is 13.2. The molecule has 106 valence electrons. The van der Waals surface area contributed by atoms with Gasteiger partial charge in [-0.05, 0) is 50.4 Å². The molecule has 0 heterocycles. The van der Waals surface area contributed by atoms with Crippen LogP contribution in [-0.4, -0.2) is 17.3 Å². The van der Waals surface area contributed by atoms with Crippen molar-refractivity contribution in [2.45, 2.75) is 77.2 Å². The summed E-state index contributed by atoms with van der Waals surface area (Å²) >= 11 is 0. The third kappa shape index (κ3) is 2.46. The van der Waals surface area contributed by atoms with Gasteiger partial charge in [-0.1, -0.05) is 33.1 Å². The molecule has 2 unspecified atom stereocenters. The van der Waals surface area contributed by atoms with Gasteiger partial charge in [0.15, 0.2) is 0 Å². The molecule has 2 saturated carbocycles. The number of aliphatic hydroxyl groups is 1. The summed E-state index contributed by atoms with van der Waals surface area (Å²) < 4.78 is 0. The van der Waals surface area contributed by atoms with Crippen LogP contribution in [0.4, 0.5) is 0 Å². The molecule has 18 heavy (non-hydrogen) atoms. The highest BCUT2D eigenvalue weighted by Crippen LogP contribution is 2.54. The van der Waals surface area contributed by atoms with Gasteiger partial charge in [0, 0.05) is 12.0 Å². The van der Waals surface area contributed by atoms with Crippen molar-refractivity contribution in [3.05, 3.63) is 0 Å². The average molecular weight is 253 g/mol. The van der Waals surface area contributed by atoms with Crippen molar-refractivity contribution < 1.29 is 5.11 Å². The monoisotopic (exact) mass is 253 g/mol. The first kappa shape index (κ1) is 14.3. The van der Waals surface area contributed by atoms with E-state index in [4.69, 9.17) is 5.73 Å². The molecule has 0 spiro atoms. The van der Waals surface area contributed by atoms with Crippen molar-refractivity contribution in [1.82, 2.24) is 0 Å². The summed E-state index contributed by atoms with van der Waals surface area (Å²) in [7, 11) is 0. The van der Waals surface area contributed by atoms with Gasteiger partial charge in [-0.15, -0.1) is 0 Å². The van der Waals surface area contributed by atoms with Crippen molar-refractivity contribution in [3.63, 3.8) is 0 Å². The van der Waals surface area contributed by atoms with Crippen molar-refractivity contribution in [1.29, 1.82) is 0 Å². The molecular formula is C16H31NO. The van der Waals surface area contributed by atoms with Gasteiger partial charge in [0.25, 0.3) is 0 Å². The maximum atomic E-state index is 11.1. The first-order valence-electron chi connectivity index (χ1n) is 7.98. The van der Waals surface area contributed by atoms with E-state index in [0.717, 1.165) is 37.5 Å². The van der Waals surface area contributed by atoms with Crippen LogP contribution in [0.3, 0.4) is 0 Å². The first-order chi connectivity index (χ1) is 8.55. The van der Waals surface area contributed by atoms with Crippen LogP contribution in [0.1, 0.15) is 71.6 Å². The lowest BCUT2D eigenvalue weighted by Crippen LogP contribution is -2.53. The molecule has 0 aromatic rings. The molecule has 0 bridgehead atoms. The Morgan fingerprint density at radius 1 is 1.17 bits per heavy atom. The second-order valence-corrected chi connectivity index (χ2v) is 7.10. The molecular weight excluding hydrogens is 222 g/mol. The number of rotatable bonds is 4. The highest BCUT2D eigenvalue weighted by Gasteiger charge is 2.53. The van der Waals surface area contributed by atoms with E-state index in [2.05, 4.69) is 13.8 Å². The number of nitrogens with two attached hydrogens (primary N) is 1. The lowest BCUT2D eigenvalue weighted by molar-refractivity contribution is -0.112. The van der Waals surface area contributed by atoms with Crippen LogP contribution in [0.2, 0.25) is 0 Å². The van der Waals surface area contributed by atoms with Crippen LogP contribution in [0.5, 0.6) is 0 Å². The predicted molar refractivity (Wildman–Crippen MR) is 76.3 cm³/mol. The number of hydrogen-bond donors (Lipinski definition) is 2. The fourth-order valence-corrected chi connectivity index (χ4v) is 4.57. The van der Waals surface area contributed by atoms with Gasteiger partial charge in [0.05, 0.1) is 5.60 Å². The van der Waals surface area contributed by atoms with Crippen LogP contribution >= 0.6 is 0 Å². The third-order valence-electron chi connectivity index (χ3n) is 5.86. The summed E-state index contributed by atoms with van der Waals surface area (Å²) in [5, 5.41) is 11.1. The minimum absolute atomic E-state index is 0.0314. The highest BCUT2D eigenvalue weighted by atomic mass is 16.3. The maximum absolute atomic E-state index is 11.1. The molecule has 3 N–H and O–H groups in total. The van der Waals surface area contributed by atoms with Gasteiger partial charge in [0.1, 0.15) is 0 Å². The summed E-state index contributed by atoms with van der Waals surface area (Å²) in [4.78, 5) is 0. The van der Waals surface area contributed by atoms with E-state index in [-0.39, 0.29) is 5.41 Å². The maximum Gasteiger partial charge on any atom is 0.0716 e. The molecule has 2 heteroatoms. The first-order valence-corrected chi connectivity index (χ1v) is 7.98. The highest BCUT2D eigenvalue weighted by molar-refractivity contribution is 5.05. The Balaban J connectivity index is 2.03. The smallest absolute Gasteiger partial charge is 0.0716 e. The van der Waals surface area contributed by atoms with Crippen LogP contribution in [-0.2, 0) is 0 Å². The van der Waals surface area contributed by atoms with Gasteiger partial charge in [0.2, 0.25) is 0 Å². The summed E-state index contributed by atoms with van der Waals surface area (Å²) in [6.07, 6.45) is 10.5. The zero-order valence-corrected chi connectivity index (χ0v) is 12.3. The van der Waals surface area contributed by atoms with E-state index in [1.54, 1.807) is 0 Å². The summed E-state index contributed by atoms with van der Waals surface area (Å²) in [6.45, 7) is 5.25. The van der Waals surface area contributed by atoms with Crippen molar-refractivity contribution in [2.24, 2.45) is 23.0 Å². The van der Waals surface area contributed by atoms with E-state index >= 15 is 0 Å². The SMILES string of the molecule is CCCC1CCC(O)(C2(CN)CCC(C)C2)CC1. The second kappa shape index (κ2) is 5.50. The molecule has 2 aliphatic carbocycles. The molecule has 2 atom stereocenters. The third-order valence-corrected chi connectivity index (χ3v) is 5.86. The van der Waals surface area contributed by atoms with Crippen LogP contribution in [0, 0.1) is 17.3 Å². The molecule has 0 aliphatic heterocycles. The Bertz CT molecular complexity index is 270. The van der Waals surface area contributed by atoms with Crippen molar-refractivity contribution in [2.75, 3.05) is 6.54 Å². The predicted octanol–water partition coefficient (Wildman–Crippen LogP) is 3.47. The second-order valence-electron chi connectivity index (χ2n) is 7.10. The Hall–Kier alpha value is -0.0800. The zero-order valence-electron chi connectivity index (χ0n) is 12.3. The lowest BCUT2D eigenvalue weighted by Gasteiger charge is -2.49. The molecule has 2 rings (SSSR count). The Kier molecular flexibility index (Phi) is 4.38. The molecule has 0 aromatic heterocycles. The Labute approximate surface area is 112 Å². The summed E-state index contributed by atoms with van der Waals surface area (Å²) in [5.41, 5.74) is 5.65. The fraction of sp³-hybridized carbons (Fsp3) is 1.00. The van der Waals surface area contributed by atoms with E-state index in [0.29, 0.717) is 6.54 Å². The lowest BCUT2D eigenvalue weighted by atomic mass is 9.61. The molecule has 0 amide bonds. The minimum atomic E-state index is -0.462. The van der Waals surface area contributed by atoms with E-state index in [1.165, 1.54) is 32.1 Å². The average Bonchev–Trinajstić information content (AvgIpc) is 2.76. The van der Waals surface area contributed by atoms with Crippen LogP contribution in [0.25, 0.3) is 0 Å². The van der Waals surface area contributed by atoms with Crippen LogP contribution in [0.15, 0.2) is 0 Å². The standard InChI is InChI=1S/C16H31NO/c1-3-4-14-6-9-16(18,10-7-14)15(12-17)8-5-13(2)11-15/h13-14,18H,3-12,17H2,1-2H3. The van der Waals surface area contributed by atoms with Crippen molar-refractivity contribution in [3.8, 4) is 0 Å². The normalized spacial score (nSPS) is 45.3. The minimum Gasteiger partial charge on any atom is -0.389 e. The Morgan fingerprint density at radius 2 is 1.83 bits per heavy atom. The topological polar surface area (TPSA) is 46.2 Å². The van der Waals surface area contributed by atoms with E-state index < -0.39 is 5.60 Å². The quantitative estimate of drug-likeness (QED) is 0.806. The molecule has 0 aromatic carbocycles. The van der Waals surface area contributed by atoms with Gasteiger partial charge < -0.3 is 10.8 Å². The van der Waals surface area contributed by atoms with Gasteiger partial charge >= 0.3 is 0 Å².